The summed E-state index contributed by atoms with van der Waals surface area (Å²) in [5.41, 5.74) is 5.36. The maximum Gasteiger partial charge on any atom is 0.472 e. The third-order valence-electron chi connectivity index (χ3n) is 8.62. The van der Waals surface area contributed by atoms with E-state index in [-0.39, 0.29) is 32.3 Å². The van der Waals surface area contributed by atoms with Crippen molar-refractivity contribution in [2.45, 2.75) is 193 Å². The molecule has 0 saturated carbocycles. The van der Waals surface area contributed by atoms with Crippen molar-refractivity contribution < 1.29 is 32.8 Å². The Balaban J connectivity index is 4.14. The predicted octanol–water partition coefficient (Wildman–Crippen LogP) is 12.2. The molecule has 0 aliphatic carbocycles. The van der Waals surface area contributed by atoms with Gasteiger partial charge in [0.15, 0.2) is 6.10 Å². The third-order valence-corrected chi connectivity index (χ3v) is 9.60. The fourth-order valence-corrected chi connectivity index (χ4v) is 6.26. The van der Waals surface area contributed by atoms with Crippen LogP contribution in [0.25, 0.3) is 0 Å². The van der Waals surface area contributed by atoms with E-state index in [0.29, 0.717) is 6.42 Å². The molecule has 0 heterocycles. The maximum absolute atomic E-state index is 12.4. The van der Waals surface area contributed by atoms with Crippen LogP contribution in [0.2, 0.25) is 0 Å². The largest absolute Gasteiger partial charge is 0.492 e. The summed E-state index contributed by atoms with van der Waals surface area (Å²) >= 11 is 0. The number of nitrogens with two attached hydrogens (primary N) is 1. The van der Waals surface area contributed by atoms with Crippen LogP contribution in [-0.2, 0) is 27.9 Å². The highest BCUT2D eigenvalue weighted by atomic mass is 31.2. The van der Waals surface area contributed by atoms with Gasteiger partial charge in [0.25, 0.3) is 0 Å². The highest BCUT2D eigenvalue weighted by Crippen LogP contribution is 2.43. The molecule has 0 rings (SSSR count). The van der Waals surface area contributed by atoms with Crippen LogP contribution < -0.4 is 5.73 Å². The molecule has 0 fully saturated rings. The second kappa shape index (κ2) is 38.8. The smallest absolute Gasteiger partial charge is 0.472 e. The van der Waals surface area contributed by atoms with E-state index in [1.807, 2.05) is 6.08 Å². The number of allylic oxidation sites excluding steroid dienone is 5. The molecule has 0 amide bonds. The molecule has 50 heavy (non-hydrogen) atoms. The summed E-state index contributed by atoms with van der Waals surface area (Å²) in [5.74, 6) is -0.302. The fraction of sp³-hybridized carbons (Fsp3) is 0.829. The quantitative estimate of drug-likeness (QED) is 0.0211. The summed E-state index contributed by atoms with van der Waals surface area (Å²) in [6.45, 7) is 4.19. The van der Waals surface area contributed by atoms with E-state index in [1.165, 1.54) is 116 Å². The molecule has 0 radical (unpaired) electrons. The zero-order chi connectivity index (χ0) is 36.6. The first-order chi connectivity index (χ1) is 24.4. The van der Waals surface area contributed by atoms with Crippen molar-refractivity contribution >= 4 is 13.8 Å². The first kappa shape index (κ1) is 48.6. The van der Waals surface area contributed by atoms with Gasteiger partial charge < -0.3 is 20.1 Å². The molecule has 3 N–H and O–H groups in total. The van der Waals surface area contributed by atoms with Gasteiger partial charge in [-0.15, -0.1) is 0 Å². The molecule has 294 valence electrons. The summed E-state index contributed by atoms with van der Waals surface area (Å²) in [5, 5.41) is 0. The number of hydrogen-bond donors (Lipinski definition) is 2. The molecular formula is C41H78NO7P. The number of ether oxygens (including phenoxy) is 2. The molecule has 1 unspecified atom stereocenters. The Hall–Kier alpha value is -1.44. The highest BCUT2D eigenvalue weighted by Gasteiger charge is 2.24. The van der Waals surface area contributed by atoms with Crippen LogP contribution in [0.4, 0.5) is 0 Å². The molecule has 8 nitrogen and oxygen atoms in total. The zero-order valence-corrected chi connectivity index (χ0v) is 33.3. The second-order valence-electron chi connectivity index (χ2n) is 13.6. The van der Waals surface area contributed by atoms with E-state index in [1.54, 1.807) is 6.26 Å². The van der Waals surface area contributed by atoms with Gasteiger partial charge in [-0.3, -0.25) is 13.8 Å². The van der Waals surface area contributed by atoms with E-state index in [9.17, 15) is 14.3 Å². The van der Waals surface area contributed by atoms with Crippen molar-refractivity contribution in [3.63, 3.8) is 0 Å². The second-order valence-corrected chi connectivity index (χ2v) is 15.0. The normalized spacial score (nSPS) is 13.8. The molecule has 0 aromatic rings. The molecule has 2 atom stereocenters. The molecular weight excluding hydrogens is 649 g/mol. The molecule has 0 aliphatic heterocycles. The van der Waals surface area contributed by atoms with Gasteiger partial charge in [-0.1, -0.05) is 134 Å². The van der Waals surface area contributed by atoms with E-state index in [0.717, 1.165) is 51.4 Å². The number of phosphoric acid groups is 1. The number of esters is 1. The average Bonchev–Trinajstić information content (AvgIpc) is 3.11. The van der Waals surface area contributed by atoms with E-state index < -0.39 is 13.9 Å². The van der Waals surface area contributed by atoms with E-state index in [4.69, 9.17) is 24.3 Å². The SMILES string of the molecule is CCCCCCCCC=CCCCCCCC=CO[C@H](COC(=O)CCCCCCCC=CCCCCCCCC)COP(=O)(O)OCCN. The molecule has 0 aliphatic rings. The van der Waals surface area contributed by atoms with Gasteiger partial charge in [0, 0.05) is 13.0 Å². The van der Waals surface area contributed by atoms with Gasteiger partial charge in [-0.05, 0) is 76.7 Å². The zero-order valence-electron chi connectivity index (χ0n) is 32.4. The summed E-state index contributed by atoms with van der Waals surface area (Å²) in [6, 6.07) is 0. The molecule has 0 bridgehead atoms. The number of unbranched alkanes of at least 4 members (excludes halogenated alkanes) is 22. The van der Waals surface area contributed by atoms with Crippen LogP contribution in [0.5, 0.6) is 0 Å². The van der Waals surface area contributed by atoms with Crippen molar-refractivity contribution in [3.8, 4) is 0 Å². The van der Waals surface area contributed by atoms with E-state index >= 15 is 0 Å². The van der Waals surface area contributed by atoms with Gasteiger partial charge in [-0.2, -0.15) is 0 Å². The Morgan fingerprint density at radius 2 is 1.02 bits per heavy atom. The Morgan fingerprint density at radius 1 is 0.600 bits per heavy atom. The van der Waals surface area contributed by atoms with Crippen molar-refractivity contribution in [3.05, 3.63) is 36.6 Å². The first-order valence-corrected chi connectivity index (χ1v) is 22.0. The lowest BCUT2D eigenvalue weighted by Gasteiger charge is -2.19. The summed E-state index contributed by atoms with van der Waals surface area (Å²) in [4.78, 5) is 22.2. The Morgan fingerprint density at radius 3 is 1.48 bits per heavy atom. The van der Waals surface area contributed by atoms with Crippen LogP contribution in [0, 0.1) is 0 Å². The molecule has 0 spiro atoms. The van der Waals surface area contributed by atoms with Gasteiger partial charge >= 0.3 is 13.8 Å². The lowest BCUT2D eigenvalue weighted by molar-refractivity contribution is -0.147. The number of carbonyl (C=O) groups excluding carboxylic acids is 1. The molecule has 0 saturated heterocycles. The Labute approximate surface area is 308 Å². The Bertz CT molecular complexity index is 864. The van der Waals surface area contributed by atoms with Crippen molar-refractivity contribution in [2.75, 3.05) is 26.4 Å². The van der Waals surface area contributed by atoms with Crippen LogP contribution in [-0.4, -0.2) is 43.3 Å². The summed E-state index contributed by atoms with van der Waals surface area (Å²) in [7, 11) is -4.27. The standard InChI is InChI=1S/C41H78NO7P/c1-3-5-7-9-11-13-15-17-19-21-23-25-27-29-31-33-36-46-40(39-49-50(44,45)48-37-35-42)38-47-41(43)34-32-30-28-26-24-22-20-18-16-14-12-10-8-6-4-2/h17-20,33,36,40H,3-16,21-32,34-35,37-39,42H2,1-2H3,(H,44,45)/t40-/m1/s1. The van der Waals surface area contributed by atoms with Crippen LogP contribution >= 0.6 is 7.82 Å². The van der Waals surface area contributed by atoms with Crippen molar-refractivity contribution in [1.82, 2.24) is 0 Å². The summed E-state index contributed by atoms with van der Waals surface area (Å²) < 4.78 is 33.1. The van der Waals surface area contributed by atoms with Gasteiger partial charge in [-0.25, -0.2) is 4.57 Å². The predicted molar refractivity (Wildman–Crippen MR) is 210 cm³/mol. The Kier molecular flexibility index (Phi) is 37.7. The first-order valence-electron chi connectivity index (χ1n) is 20.5. The van der Waals surface area contributed by atoms with Gasteiger partial charge in [0.05, 0.1) is 19.5 Å². The van der Waals surface area contributed by atoms with Crippen LogP contribution in [0.1, 0.15) is 187 Å². The molecule has 0 aromatic carbocycles. The minimum Gasteiger partial charge on any atom is -0.492 e. The molecule has 9 heteroatoms. The highest BCUT2D eigenvalue weighted by molar-refractivity contribution is 7.47. The average molecular weight is 728 g/mol. The van der Waals surface area contributed by atoms with E-state index in [2.05, 4.69) is 38.2 Å². The fourth-order valence-electron chi connectivity index (χ4n) is 5.50. The number of hydrogen-bond acceptors (Lipinski definition) is 7. The van der Waals surface area contributed by atoms with Crippen molar-refractivity contribution in [1.29, 1.82) is 0 Å². The number of carbonyl (C=O) groups is 1. The van der Waals surface area contributed by atoms with Crippen LogP contribution in [0.15, 0.2) is 36.6 Å². The minimum atomic E-state index is -4.27. The monoisotopic (exact) mass is 728 g/mol. The van der Waals surface area contributed by atoms with Gasteiger partial charge in [0.2, 0.25) is 0 Å². The minimum absolute atomic E-state index is 0.0719. The summed E-state index contributed by atoms with van der Waals surface area (Å²) in [6.07, 6.45) is 44.0. The van der Waals surface area contributed by atoms with Gasteiger partial charge in [0.1, 0.15) is 6.61 Å². The lowest BCUT2D eigenvalue weighted by atomic mass is 10.1. The number of phosphoric ester groups is 1. The van der Waals surface area contributed by atoms with Crippen LogP contribution in [0.3, 0.4) is 0 Å². The number of rotatable bonds is 39. The molecule has 0 aromatic heterocycles. The third kappa shape index (κ3) is 37.8. The van der Waals surface area contributed by atoms with Crippen molar-refractivity contribution in [2.24, 2.45) is 5.73 Å². The lowest BCUT2D eigenvalue weighted by Crippen LogP contribution is -2.25. The maximum atomic E-state index is 12.4. The topological polar surface area (TPSA) is 117 Å².